The van der Waals surface area contributed by atoms with Crippen LogP contribution in [0.1, 0.15) is 11.1 Å². The summed E-state index contributed by atoms with van der Waals surface area (Å²) in [5.74, 6) is -0.249. The Balaban J connectivity index is 2.27. The largest absolute Gasteiger partial charge is 0.504 e. The molecule has 2 nitrogen and oxygen atoms in total. The average Bonchev–Trinajstić information content (AvgIpc) is 2.53. The van der Waals surface area contributed by atoms with Crippen LogP contribution in [0.2, 0.25) is 5.02 Å². The summed E-state index contributed by atoms with van der Waals surface area (Å²) in [4.78, 5) is 11.2. The van der Waals surface area contributed by atoms with E-state index in [4.69, 9.17) is 11.6 Å². The van der Waals surface area contributed by atoms with Crippen molar-refractivity contribution in [2.75, 3.05) is 0 Å². The van der Waals surface area contributed by atoms with Crippen LogP contribution in [0.4, 0.5) is 0 Å². The third-order valence-corrected chi connectivity index (χ3v) is 2.70. The molecule has 0 aliphatic rings. The summed E-state index contributed by atoms with van der Waals surface area (Å²) in [5.41, 5.74) is 1.46. The van der Waals surface area contributed by atoms with E-state index < -0.39 is 0 Å². The van der Waals surface area contributed by atoms with E-state index in [0.29, 0.717) is 5.02 Å². The van der Waals surface area contributed by atoms with Crippen LogP contribution >= 0.6 is 11.6 Å². The first-order valence-corrected chi connectivity index (χ1v) is 5.80. The van der Waals surface area contributed by atoms with E-state index in [2.05, 4.69) is 0 Å². The van der Waals surface area contributed by atoms with E-state index in [1.54, 1.807) is 12.1 Å². The van der Waals surface area contributed by atoms with E-state index in [0.717, 1.165) is 11.1 Å². The third-order valence-electron chi connectivity index (χ3n) is 2.45. The van der Waals surface area contributed by atoms with Crippen molar-refractivity contribution in [3.63, 3.8) is 0 Å². The normalized spacial score (nSPS) is 10.7. The van der Waals surface area contributed by atoms with Gasteiger partial charge >= 0.3 is 0 Å². The highest BCUT2D eigenvalue weighted by atomic mass is 35.5. The van der Waals surface area contributed by atoms with Crippen LogP contribution in [0.3, 0.4) is 0 Å². The molecule has 90 valence electrons. The second-order valence-electron chi connectivity index (χ2n) is 3.80. The van der Waals surface area contributed by atoms with Crippen molar-refractivity contribution in [1.29, 1.82) is 0 Å². The van der Waals surface area contributed by atoms with Crippen LogP contribution in [0.15, 0.2) is 53.3 Å². The van der Waals surface area contributed by atoms with E-state index in [1.165, 1.54) is 12.1 Å². The smallest absolute Gasteiger partial charge is 0.220 e. The third kappa shape index (κ3) is 3.22. The number of rotatable bonds is 2. The van der Waals surface area contributed by atoms with Crippen LogP contribution in [0, 0.1) is 0 Å². The number of halogens is 1. The fourth-order valence-electron chi connectivity index (χ4n) is 1.45. The van der Waals surface area contributed by atoms with Gasteiger partial charge in [0, 0.05) is 5.02 Å². The Morgan fingerprint density at radius 1 is 0.833 bits per heavy atom. The fraction of sp³-hybridized carbons (Fsp3) is 0. The molecule has 2 rings (SSSR count). The molecule has 0 spiro atoms. The van der Waals surface area contributed by atoms with Crippen molar-refractivity contribution in [2.24, 2.45) is 0 Å². The molecule has 0 bridgehead atoms. The van der Waals surface area contributed by atoms with Gasteiger partial charge in [-0.25, -0.2) is 0 Å². The van der Waals surface area contributed by atoms with E-state index in [-0.39, 0.29) is 11.2 Å². The first kappa shape index (κ1) is 12.4. The Bertz CT molecular complexity index is 631. The Morgan fingerprint density at radius 2 is 1.33 bits per heavy atom. The highest BCUT2D eigenvalue weighted by Gasteiger charge is 1.92. The second kappa shape index (κ2) is 5.52. The van der Waals surface area contributed by atoms with Crippen LogP contribution in [-0.2, 0) is 0 Å². The van der Waals surface area contributed by atoms with E-state index >= 15 is 0 Å². The summed E-state index contributed by atoms with van der Waals surface area (Å²) in [6, 6.07) is 13.5. The number of hydrogen-bond donors (Lipinski definition) is 1. The topological polar surface area (TPSA) is 37.3 Å². The van der Waals surface area contributed by atoms with Crippen LogP contribution in [0.5, 0.6) is 5.75 Å². The minimum Gasteiger partial charge on any atom is -0.504 e. The fourth-order valence-corrected chi connectivity index (χ4v) is 1.57. The molecule has 3 heteroatoms. The van der Waals surface area contributed by atoms with Crippen LogP contribution in [0.25, 0.3) is 12.2 Å². The molecule has 0 aliphatic heterocycles. The molecule has 0 amide bonds. The molecule has 18 heavy (non-hydrogen) atoms. The summed E-state index contributed by atoms with van der Waals surface area (Å²) in [7, 11) is 0. The predicted molar refractivity (Wildman–Crippen MR) is 74.8 cm³/mol. The van der Waals surface area contributed by atoms with Gasteiger partial charge in [-0.3, -0.25) is 4.79 Å². The standard InChI is InChI=1S/C15H11ClO2/c16-13-7-3-11(4-8-13)1-2-12-5-9-14(17)15(18)10-6-12/h1-10H,(H,17,18)/b2-1+. The molecular formula is C15H11ClO2. The van der Waals surface area contributed by atoms with Gasteiger partial charge in [-0.2, -0.15) is 0 Å². The first-order chi connectivity index (χ1) is 8.65. The number of benzene rings is 1. The molecule has 1 N–H and O–H groups in total. The van der Waals surface area contributed by atoms with Gasteiger partial charge in [0.05, 0.1) is 0 Å². The Kier molecular flexibility index (Phi) is 3.80. The monoisotopic (exact) mass is 258 g/mol. The SMILES string of the molecule is O=c1ccc(/C=C/c2ccc(Cl)cc2)ccc1O. The number of hydrogen-bond acceptors (Lipinski definition) is 2. The van der Waals surface area contributed by atoms with Crippen LogP contribution < -0.4 is 5.43 Å². The minimum atomic E-state index is -0.388. The molecule has 2 aromatic rings. The maximum absolute atomic E-state index is 11.2. The quantitative estimate of drug-likeness (QED) is 0.894. The molecular weight excluding hydrogens is 248 g/mol. The molecule has 2 aromatic carbocycles. The molecule has 0 fully saturated rings. The van der Waals surface area contributed by atoms with Gasteiger partial charge in [0.1, 0.15) is 0 Å². The summed E-state index contributed by atoms with van der Waals surface area (Å²) >= 11 is 5.79. The zero-order valence-electron chi connectivity index (χ0n) is 9.51. The lowest BCUT2D eigenvalue weighted by Gasteiger charge is -1.93. The van der Waals surface area contributed by atoms with Gasteiger partial charge in [-0.05, 0) is 35.4 Å². The highest BCUT2D eigenvalue weighted by Crippen LogP contribution is 2.12. The summed E-state index contributed by atoms with van der Waals surface area (Å²) in [6.45, 7) is 0. The van der Waals surface area contributed by atoms with Gasteiger partial charge in [0.25, 0.3) is 0 Å². The lowest BCUT2D eigenvalue weighted by atomic mass is 10.2. The van der Waals surface area contributed by atoms with E-state index in [9.17, 15) is 9.90 Å². The first-order valence-electron chi connectivity index (χ1n) is 5.42. The van der Waals surface area contributed by atoms with E-state index in [1.807, 2.05) is 36.4 Å². The van der Waals surface area contributed by atoms with Gasteiger partial charge < -0.3 is 5.11 Å². The van der Waals surface area contributed by atoms with Gasteiger partial charge in [0.2, 0.25) is 5.43 Å². The molecule has 0 saturated heterocycles. The molecule has 0 heterocycles. The Labute approximate surface area is 110 Å². The van der Waals surface area contributed by atoms with Gasteiger partial charge in [-0.1, -0.05) is 48.0 Å². The highest BCUT2D eigenvalue weighted by molar-refractivity contribution is 6.30. The summed E-state index contributed by atoms with van der Waals surface area (Å²) in [6.07, 6.45) is 3.77. The average molecular weight is 259 g/mol. The predicted octanol–water partition coefficient (Wildman–Crippen LogP) is 3.58. The zero-order chi connectivity index (χ0) is 13.0. The molecule has 0 saturated carbocycles. The second-order valence-corrected chi connectivity index (χ2v) is 4.24. The zero-order valence-corrected chi connectivity index (χ0v) is 10.3. The van der Waals surface area contributed by atoms with Gasteiger partial charge in [0.15, 0.2) is 5.75 Å². The maximum atomic E-state index is 11.2. The lowest BCUT2D eigenvalue weighted by Crippen LogP contribution is -1.91. The molecule has 0 aromatic heterocycles. The van der Waals surface area contributed by atoms with Crippen molar-refractivity contribution in [3.8, 4) is 5.75 Å². The van der Waals surface area contributed by atoms with Crippen molar-refractivity contribution < 1.29 is 5.11 Å². The molecule has 0 atom stereocenters. The van der Waals surface area contributed by atoms with Crippen molar-refractivity contribution in [1.82, 2.24) is 0 Å². The Morgan fingerprint density at radius 3 is 1.94 bits per heavy atom. The van der Waals surface area contributed by atoms with Gasteiger partial charge in [-0.15, -0.1) is 0 Å². The van der Waals surface area contributed by atoms with Crippen molar-refractivity contribution >= 4 is 23.8 Å². The molecule has 0 radical (unpaired) electrons. The maximum Gasteiger partial charge on any atom is 0.220 e. The van der Waals surface area contributed by atoms with Crippen molar-refractivity contribution in [2.45, 2.75) is 0 Å². The molecule has 0 aliphatic carbocycles. The molecule has 0 unspecified atom stereocenters. The summed E-state index contributed by atoms with van der Waals surface area (Å²) in [5, 5.41) is 9.96. The number of aromatic hydroxyl groups is 1. The van der Waals surface area contributed by atoms with Crippen molar-refractivity contribution in [3.05, 3.63) is 74.9 Å². The van der Waals surface area contributed by atoms with Crippen LogP contribution in [-0.4, -0.2) is 5.11 Å². The minimum absolute atomic E-state index is 0.249. The summed E-state index contributed by atoms with van der Waals surface area (Å²) < 4.78 is 0. The lowest BCUT2D eigenvalue weighted by molar-refractivity contribution is 0.471. The Hall–Kier alpha value is -2.06.